The summed E-state index contributed by atoms with van der Waals surface area (Å²) in [6.45, 7) is 5.22. The van der Waals surface area contributed by atoms with Crippen LogP contribution in [0.1, 0.15) is 26.7 Å². The Balaban J connectivity index is 1.52. The molecule has 2 aliphatic rings. The monoisotopic (exact) mass is 341 g/mol. The van der Waals surface area contributed by atoms with E-state index >= 15 is 0 Å². The lowest BCUT2D eigenvalue weighted by molar-refractivity contribution is 0.176. The Morgan fingerprint density at radius 1 is 1.20 bits per heavy atom. The van der Waals surface area contributed by atoms with Gasteiger partial charge in [0.2, 0.25) is 0 Å². The van der Waals surface area contributed by atoms with Crippen molar-refractivity contribution in [3.05, 3.63) is 30.5 Å². The lowest BCUT2D eigenvalue weighted by atomic mass is 9.87. The molecule has 0 spiro atoms. The van der Waals surface area contributed by atoms with Gasteiger partial charge in [-0.2, -0.15) is 0 Å². The lowest BCUT2D eigenvalue weighted by Crippen LogP contribution is -2.47. The number of urea groups is 1. The average Bonchev–Trinajstić information content (AvgIpc) is 3.28. The molecule has 0 saturated carbocycles. The predicted molar refractivity (Wildman–Crippen MR) is 100 cm³/mol. The number of aromatic nitrogens is 1. The summed E-state index contributed by atoms with van der Waals surface area (Å²) in [5, 5.41) is 4.29. The molecule has 3 heterocycles. The highest BCUT2D eigenvalue weighted by molar-refractivity contribution is 5.93. The molecule has 1 aromatic carbocycles. The van der Waals surface area contributed by atoms with Crippen LogP contribution in [0, 0.1) is 5.92 Å². The van der Waals surface area contributed by atoms with Crippen molar-refractivity contribution in [2.75, 3.05) is 11.9 Å². The first-order valence-corrected chi connectivity index (χ1v) is 9.18. The van der Waals surface area contributed by atoms with E-state index in [0.29, 0.717) is 18.0 Å². The number of hydrogen-bond acceptors (Lipinski definition) is 3. The lowest BCUT2D eigenvalue weighted by Gasteiger charge is -2.33. The van der Waals surface area contributed by atoms with Crippen LogP contribution in [0.15, 0.2) is 30.5 Å². The number of nitrogens with one attached hydrogen (secondary N) is 3. The van der Waals surface area contributed by atoms with Crippen molar-refractivity contribution in [3.63, 3.8) is 0 Å². The number of hydrogen-bond donors (Lipinski definition) is 3. The number of carbonyl (C=O) groups excluding carboxylic acids is 1. The molecule has 2 aromatic rings. The molecule has 0 radical (unpaired) electrons. The molecule has 0 bridgehead atoms. The number of amides is 2. The van der Waals surface area contributed by atoms with Gasteiger partial charge in [-0.1, -0.05) is 6.07 Å². The molecule has 3 N–H and O–H groups in total. The number of fused-ring (bicyclic) bond motifs is 1. The van der Waals surface area contributed by atoms with Gasteiger partial charge in [0.1, 0.15) is 0 Å². The second kappa shape index (κ2) is 6.35. The zero-order chi connectivity index (χ0) is 17.6. The Kier molecular flexibility index (Phi) is 4.17. The molecular weight excluding hydrogens is 314 g/mol. The normalized spacial score (nSPS) is 29.5. The summed E-state index contributed by atoms with van der Waals surface area (Å²) < 4.78 is 2.07. The van der Waals surface area contributed by atoms with Gasteiger partial charge in [0, 0.05) is 55.0 Å². The Morgan fingerprint density at radius 3 is 2.72 bits per heavy atom. The van der Waals surface area contributed by atoms with Crippen molar-refractivity contribution < 1.29 is 4.79 Å². The van der Waals surface area contributed by atoms with E-state index in [2.05, 4.69) is 46.7 Å². The van der Waals surface area contributed by atoms with Crippen LogP contribution in [0.2, 0.25) is 0 Å². The zero-order valence-electron chi connectivity index (χ0n) is 15.1. The van der Waals surface area contributed by atoms with Crippen LogP contribution in [0.25, 0.3) is 10.9 Å². The van der Waals surface area contributed by atoms with Gasteiger partial charge in [0.05, 0.1) is 0 Å². The third kappa shape index (κ3) is 2.89. The molecule has 3 unspecified atom stereocenters. The largest absolute Gasteiger partial charge is 0.350 e. The van der Waals surface area contributed by atoms with Gasteiger partial charge in [-0.3, -0.25) is 10.9 Å². The Hall–Kier alpha value is -2.05. The fraction of sp³-hybridized carbons (Fsp3) is 0.526. The van der Waals surface area contributed by atoms with E-state index in [4.69, 9.17) is 0 Å². The van der Waals surface area contributed by atoms with Gasteiger partial charge < -0.3 is 14.8 Å². The zero-order valence-corrected chi connectivity index (χ0v) is 15.1. The first-order chi connectivity index (χ1) is 12.0. The molecule has 4 rings (SSSR count). The van der Waals surface area contributed by atoms with Crippen molar-refractivity contribution in [3.8, 4) is 0 Å². The summed E-state index contributed by atoms with van der Waals surface area (Å²) in [5.74, 6) is 0.434. The Morgan fingerprint density at radius 2 is 1.96 bits per heavy atom. The first-order valence-electron chi connectivity index (χ1n) is 9.18. The van der Waals surface area contributed by atoms with Gasteiger partial charge in [-0.25, -0.2) is 4.79 Å². The number of nitrogens with zero attached hydrogens (tertiary/aromatic N) is 2. The highest BCUT2D eigenvalue weighted by Crippen LogP contribution is 2.31. The smallest absolute Gasteiger partial charge is 0.322 e. The minimum atomic E-state index is 0.0161. The standard InChI is InChI=1S/C19H27N5O/c1-12-18(13(2)22-21-12)16-5-4-9-24(16)19(25)20-15-7-6-14-8-10-23(3)17(14)11-15/h6-8,10-13,16,18,21-22H,4-5,9H2,1-3H3,(H,20,25). The topological polar surface area (TPSA) is 61.3 Å². The van der Waals surface area contributed by atoms with Crippen molar-refractivity contribution in [1.82, 2.24) is 20.3 Å². The number of carbonyl (C=O) groups is 1. The third-order valence-electron chi connectivity index (χ3n) is 5.84. The second-order valence-corrected chi connectivity index (χ2v) is 7.48. The van der Waals surface area contributed by atoms with Crippen LogP contribution >= 0.6 is 0 Å². The number of aryl methyl sites for hydroxylation is 1. The fourth-order valence-corrected chi connectivity index (χ4v) is 4.54. The maximum atomic E-state index is 12.9. The van der Waals surface area contributed by atoms with E-state index in [0.717, 1.165) is 30.6 Å². The van der Waals surface area contributed by atoms with Gasteiger partial charge in [-0.05, 0) is 50.3 Å². The Labute approximate surface area is 148 Å². The molecule has 2 amide bonds. The summed E-state index contributed by atoms with van der Waals surface area (Å²) in [5.41, 5.74) is 8.62. The number of benzene rings is 1. The van der Waals surface area contributed by atoms with Gasteiger partial charge in [0.25, 0.3) is 0 Å². The molecular formula is C19H27N5O. The van der Waals surface area contributed by atoms with E-state index in [9.17, 15) is 4.79 Å². The molecule has 0 aliphatic carbocycles. The number of anilines is 1. The molecule has 2 saturated heterocycles. The van der Waals surface area contributed by atoms with Crippen LogP contribution in [-0.2, 0) is 7.05 Å². The summed E-state index contributed by atoms with van der Waals surface area (Å²) >= 11 is 0. The fourth-order valence-electron chi connectivity index (χ4n) is 4.54. The second-order valence-electron chi connectivity index (χ2n) is 7.48. The van der Waals surface area contributed by atoms with Crippen molar-refractivity contribution in [1.29, 1.82) is 0 Å². The van der Waals surface area contributed by atoms with E-state index in [-0.39, 0.29) is 12.1 Å². The molecule has 1 aromatic heterocycles. The highest BCUT2D eigenvalue weighted by Gasteiger charge is 2.42. The predicted octanol–water partition coefficient (Wildman–Crippen LogP) is 2.68. The van der Waals surface area contributed by atoms with Gasteiger partial charge in [0.15, 0.2) is 0 Å². The van der Waals surface area contributed by atoms with Crippen molar-refractivity contribution in [2.45, 2.75) is 44.8 Å². The molecule has 2 aliphatic heterocycles. The van der Waals surface area contributed by atoms with Crippen molar-refractivity contribution in [2.24, 2.45) is 13.0 Å². The summed E-state index contributed by atoms with van der Waals surface area (Å²) in [6.07, 6.45) is 4.19. The van der Waals surface area contributed by atoms with E-state index < -0.39 is 0 Å². The molecule has 25 heavy (non-hydrogen) atoms. The number of likely N-dealkylation sites (tertiary alicyclic amines) is 1. The van der Waals surface area contributed by atoms with Crippen LogP contribution < -0.4 is 16.2 Å². The summed E-state index contributed by atoms with van der Waals surface area (Å²) in [7, 11) is 2.02. The van der Waals surface area contributed by atoms with Gasteiger partial charge in [-0.15, -0.1) is 0 Å². The quantitative estimate of drug-likeness (QED) is 0.787. The van der Waals surface area contributed by atoms with Gasteiger partial charge >= 0.3 is 6.03 Å². The number of rotatable bonds is 2. The molecule has 6 heteroatoms. The molecule has 3 atom stereocenters. The summed E-state index contributed by atoms with van der Waals surface area (Å²) in [6, 6.07) is 9.20. The molecule has 2 fully saturated rings. The number of hydrazine groups is 1. The Bertz CT molecular complexity index is 775. The summed E-state index contributed by atoms with van der Waals surface area (Å²) in [4.78, 5) is 15.0. The third-order valence-corrected chi connectivity index (χ3v) is 5.84. The van der Waals surface area contributed by atoms with Crippen molar-refractivity contribution >= 4 is 22.6 Å². The SMILES string of the molecule is CC1NNC(C)C1C1CCCN1C(=O)Nc1ccc2ccn(C)c2c1. The van der Waals surface area contributed by atoms with E-state index in [1.165, 1.54) is 5.39 Å². The van der Waals surface area contributed by atoms with E-state index in [1.807, 2.05) is 30.3 Å². The van der Waals surface area contributed by atoms with Crippen LogP contribution in [-0.4, -0.2) is 40.2 Å². The molecule has 134 valence electrons. The van der Waals surface area contributed by atoms with E-state index in [1.54, 1.807) is 0 Å². The first kappa shape index (κ1) is 16.4. The maximum absolute atomic E-state index is 12.9. The molecule has 6 nitrogen and oxygen atoms in total. The minimum Gasteiger partial charge on any atom is -0.350 e. The minimum absolute atomic E-state index is 0.0161. The van der Waals surface area contributed by atoms with Crippen LogP contribution in [0.4, 0.5) is 10.5 Å². The highest BCUT2D eigenvalue weighted by atomic mass is 16.2. The average molecular weight is 341 g/mol. The maximum Gasteiger partial charge on any atom is 0.322 e. The van der Waals surface area contributed by atoms with Crippen LogP contribution in [0.5, 0.6) is 0 Å². The van der Waals surface area contributed by atoms with Crippen LogP contribution in [0.3, 0.4) is 0 Å².